The molecular weight excluding hydrogens is 653 g/mol. The summed E-state index contributed by atoms with van der Waals surface area (Å²) in [5.41, 5.74) is 9.63. The van der Waals surface area contributed by atoms with Gasteiger partial charge in [0.05, 0.1) is 11.4 Å². The van der Waals surface area contributed by atoms with E-state index in [0.717, 1.165) is 44.6 Å². The molecule has 0 aliphatic carbocycles. The smallest absolute Gasteiger partial charge is 0.161 e. The van der Waals surface area contributed by atoms with Gasteiger partial charge in [0.15, 0.2) is 5.82 Å². The van der Waals surface area contributed by atoms with Crippen molar-refractivity contribution >= 4 is 53.9 Å². The van der Waals surface area contributed by atoms with Crippen molar-refractivity contribution in [3.63, 3.8) is 0 Å². The molecule has 0 aliphatic heterocycles. The Balaban J connectivity index is 1.14. The van der Waals surface area contributed by atoms with Gasteiger partial charge in [-0.1, -0.05) is 170 Å². The molecule has 1 heterocycles. The number of fused-ring (bicyclic) bond motifs is 2. The molecule has 0 amide bonds. The van der Waals surface area contributed by atoms with E-state index in [1.165, 1.54) is 59.6 Å². The standard InChI is InChI=1S/C52H32N2/c1-3-20-42-33(10-1)12-8-22-44(42)38-16-6-18-40(30-38)48-32-49(41-19-7-17-39(31-41)45-23-9-13-34-11-2-4-21-43(34)45)54-52(53-48)47-29-27-37-25-24-35-14-5-15-36-26-28-46(47)51(37)50(35)36/h1-32H. The molecule has 0 unspecified atom stereocenters. The zero-order valence-corrected chi connectivity index (χ0v) is 29.4. The van der Waals surface area contributed by atoms with Gasteiger partial charge < -0.3 is 0 Å². The highest BCUT2D eigenvalue weighted by Gasteiger charge is 2.17. The van der Waals surface area contributed by atoms with Crippen LogP contribution in [0, 0.1) is 0 Å². The quantitative estimate of drug-likeness (QED) is 0.169. The Hall–Kier alpha value is -7.16. The molecule has 54 heavy (non-hydrogen) atoms. The minimum atomic E-state index is 0.714. The van der Waals surface area contributed by atoms with E-state index in [-0.39, 0.29) is 0 Å². The third-order valence-corrected chi connectivity index (χ3v) is 11.0. The lowest BCUT2D eigenvalue weighted by Gasteiger charge is -2.15. The number of hydrogen-bond donors (Lipinski definition) is 0. The van der Waals surface area contributed by atoms with Crippen molar-refractivity contribution < 1.29 is 0 Å². The maximum absolute atomic E-state index is 5.39. The summed E-state index contributed by atoms with van der Waals surface area (Å²) in [6, 6.07) is 69.9. The van der Waals surface area contributed by atoms with Crippen LogP contribution in [0.25, 0.3) is 110 Å². The van der Waals surface area contributed by atoms with Gasteiger partial charge in [0.2, 0.25) is 0 Å². The van der Waals surface area contributed by atoms with E-state index in [4.69, 9.17) is 9.97 Å². The van der Waals surface area contributed by atoms with Gasteiger partial charge in [-0.2, -0.15) is 0 Å². The second kappa shape index (κ2) is 12.2. The SMILES string of the molecule is c1cc(-c2cc(-c3cccc(-c4cccc5ccccc45)c3)nc(-c3ccc4ccc5cccc6ccc3c4c56)n2)cc(-c2cccc3ccccc23)c1. The summed E-state index contributed by atoms with van der Waals surface area (Å²) >= 11 is 0. The molecule has 0 bridgehead atoms. The van der Waals surface area contributed by atoms with Crippen LogP contribution in [0.1, 0.15) is 0 Å². The molecule has 2 nitrogen and oxygen atoms in total. The van der Waals surface area contributed by atoms with Gasteiger partial charge in [-0.15, -0.1) is 0 Å². The molecule has 10 aromatic carbocycles. The van der Waals surface area contributed by atoms with E-state index in [1.807, 2.05) is 0 Å². The Kier molecular flexibility index (Phi) is 6.90. The molecule has 250 valence electrons. The molecular formula is C52H32N2. The number of aromatic nitrogens is 2. The molecule has 0 N–H and O–H groups in total. The summed E-state index contributed by atoms with van der Waals surface area (Å²) in [6.45, 7) is 0. The minimum absolute atomic E-state index is 0.714. The zero-order valence-electron chi connectivity index (χ0n) is 29.4. The van der Waals surface area contributed by atoms with Crippen LogP contribution < -0.4 is 0 Å². The largest absolute Gasteiger partial charge is 0.228 e. The molecule has 11 rings (SSSR count). The van der Waals surface area contributed by atoms with Crippen LogP contribution >= 0.6 is 0 Å². The normalized spacial score (nSPS) is 11.7. The molecule has 0 atom stereocenters. The van der Waals surface area contributed by atoms with Crippen LogP contribution in [0.2, 0.25) is 0 Å². The van der Waals surface area contributed by atoms with Gasteiger partial charge in [0.1, 0.15) is 0 Å². The number of rotatable bonds is 5. The second-order valence-corrected chi connectivity index (χ2v) is 14.1. The maximum atomic E-state index is 5.39. The second-order valence-electron chi connectivity index (χ2n) is 14.1. The van der Waals surface area contributed by atoms with Gasteiger partial charge in [-0.05, 0) is 100 Å². The lowest BCUT2D eigenvalue weighted by molar-refractivity contribution is 1.19. The van der Waals surface area contributed by atoms with E-state index in [0.29, 0.717) is 5.82 Å². The molecule has 11 aromatic rings. The molecule has 0 fully saturated rings. The van der Waals surface area contributed by atoms with E-state index in [1.54, 1.807) is 0 Å². The third-order valence-electron chi connectivity index (χ3n) is 11.0. The predicted molar refractivity (Wildman–Crippen MR) is 228 cm³/mol. The van der Waals surface area contributed by atoms with Crippen molar-refractivity contribution in [2.45, 2.75) is 0 Å². The first-order chi connectivity index (χ1) is 26.7. The molecule has 0 saturated carbocycles. The van der Waals surface area contributed by atoms with Crippen LogP contribution in [0.15, 0.2) is 194 Å². The highest BCUT2D eigenvalue weighted by Crippen LogP contribution is 2.40. The summed E-state index contributed by atoms with van der Waals surface area (Å²) < 4.78 is 0. The fourth-order valence-electron chi connectivity index (χ4n) is 8.44. The van der Waals surface area contributed by atoms with Gasteiger partial charge in [0, 0.05) is 16.7 Å². The molecule has 2 heteroatoms. The topological polar surface area (TPSA) is 25.8 Å². The van der Waals surface area contributed by atoms with E-state index < -0.39 is 0 Å². The van der Waals surface area contributed by atoms with E-state index in [2.05, 4.69) is 194 Å². The first-order valence-corrected chi connectivity index (χ1v) is 18.5. The van der Waals surface area contributed by atoms with Gasteiger partial charge in [-0.3, -0.25) is 0 Å². The molecule has 0 radical (unpaired) electrons. The van der Waals surface area contributed by atoms with Crippen molar-refractivity contribution in [1.82, 2.24) is 9.97 Å². The van der Waals surface area contributed by atoms with E-state index in [9.17, 15) is 0 Å². The number of benzene rings is 10. The summed E-state index contributed by atoms with van der Waals surface area (Å²) in [5.74, 6) is 0.714. The Morgan fingerprint density at radius 1 is 0.259 bits per heavy atom. The average Bonchev–Trinajstić information content (AvgIpc) is 3.25. The Morgan fingerprint density at radius 2 is 0.704 bits per heavy atom. The molecule has 1 aromatic heterocycles. The molecule has 0 spiro atoms. The highest BCUT2D eigenvalue weighted by molar-refractivity contribution is 6.25. The number of hydrogen-bond acceptors (Lipinski definition) is 2. The van der Waals surface area contributed by atoms with Crippen molar-refractivity contribution in [3.8, 4) is 56.2 Å². The monoisotopic (exact) mass is 684 g/mol. The van der Waals surface area contributed by atoms with E-state index >= 15 is 0 Å². The van der Waals surface area contributed by atoms with Crippen LogP contribution in [0.3, 0.4) is 0 Å². The fraction of sp³-hybridized carbons (Fsp3) is 0. The average molecular weight is 685 g/mol. The first kappa shape index (κ1) is 30.5. The maximum Gasteiger partial charge on any atom is 0.161 e. The van der Waals surface area contributed by atoms with Crippen LogP contribution in [-0.4, -0.2) is 9.97 Å². The summed E-state index contributed by atoms with van der Waals surface area (Å²) in [5, 5.41) is 12.3. The third kappa shape index (κ3) is 4.96. The summed E-state index contributed by atoms with van der Waals surface area (Å²) in [4.78, 5) is 10.8. The van der Waals surface area contributed by atoms with Crippen LogP contribution in [0.4, 0.5) is 0 Å². The Labute approximate surface area is 313 Å². The van der Waals surface area contributed by atoms with Crippen molar-refractivity contribution in [2.75, 3.05) is 0 Å². The van der Waals surface area contributed by atoms with Crippen molar-refractivity contribution in [2.24, 2.45) is 0 Å². The Bertz CT molecular complexity index is 3060. The zero-order chi connectivity index (χ0) is 35.6. The summed E-state index contributed by atoms with van der Waals surface area (Å²) in [6.07, 6.45) is 0. The lowest BCUT2D eigenvalue weighted by Crippen LogP contribution is -1.97. The first-order valence-electron chi connectivity index (χ1n) is 18.5. The van der Waals surface area contributed by atoms with Crippen LogP contribution in [0.5, 0.6) is 0 Å². The van der Waals surface area contributed by atoms with Gasteiger partial charge in [-0.25, -0.2) is 9.97 Å². The van der Waals surface area contributed by atoms with Gasteiger partial charge in [0.25, 0.3) is 0 Å². The number of nitrogens with zero attached hydrogens (tertiary/aromatic N) is 2. The molecule has 0 aliphatic rings. The fourth-order valence-corrected chi connectivity index (χ4v) is 8.44. The predicted octanol–water partition coefficient (Wildman–Crippen LogP) is 14.0. The van der Waals surface area contributed by atoms with Crippen molar-refractivity contribution in [1.29, 1.82) is 0 Å². The van der Waals surface area contributed by atoms with Gasteiger partial charge >= 0.3 is 0 Å². The molecule has 0 saturated heterocycles. The van der Waals surface area contributed by atoms with Crippen molar-refractivity contribution in [3.05, 3.63) is 194 Å². The Morgan fingerprint density at radius 3 is 1.31 bits per heavy atom. The summed E-state index contributed by atoms with van der Waals surface area (Å²) in [7, 11) is 0. The van der Waals surface area contributed by atoms with Crippen LogP contribution in [-0.2, 0) is 0 Å². The lowest BCUT2D eigenvalue weighted by atomic mass is 9.91. The highest BCUT2D eigenvalue weighted by atomic mass is 14.9. The minimum Gasteiger partial charge on any atom is -0.228 e.